The van der Waals surface area contributed by atoms with Gasteiger partial charge in [-0.05, 0) is 19.9 Å². The quantitative estimate of drug-likeness (QED) is 0.481. The highest BCUT2D eigenvalue weighted by atomic mass is 79.9. The number of nitro benzene ring substituents is 1. The summed E-state index contributed by atoms with van der Waals surface area (Å²) in [5.74, 6) is 0.687. The second-order valence-corrected chi connectivity index (χ2v) is 3.91. The summed E-state index contributed by atoms with van der Waals surface area (Å²) in [6.45, 7) is 3.83. The molecule has 5 heteroatoms. The van der Waals surface area contributed by atoms with E-state index < -0.39 is 4.92 Å². The van der Waals surface area contributed by atoms with Crippen molar-refractivity contribution in [2.75, 3.05) is 0 Å². The number of nitrogens with zero attached hydrogens (tertiary/aromatic N) is 1. The highest BCUT2D eigenvalue weighted by molar-refractivity contribution is 9.08. The lowest BCUT2D eigenvalue weighted by atomic mass is 10.2. The van der Waals surface area contributed by atoms with Gasteiger partial charge in [0.25, 0.3) is 5.69 Å². The van der Waals surface area contributed by atoms with E-state index in [1.54, 1.807) is 6.07 Å². The fraction of sp³-hybridized carbons (Fsp3) is 0.400. The van der Waals surface area contributed by atoms with Gasteiger partial charge in [0.1, 0.15) is 5.75 Å². The van der Waals surface area contributed by atoms with Crippen molar-refractivity contribution in [2.45, 2.75) is 25.3 Å². The molecule has 0 atom stereocenters. The van der Waals surface area contributed by atoms with Crippen LogP contribution in [0.1, 0.15) is 19.4 Å². The lowest BCUT2D eigenvalue weighted by molar-refractivity contribution is -0.384. The van der Waals surface area contributed by atoms with E-state index in [0.717, 1.165) is 5.56 Å². The predicted molar refractivity (Wildman–Crippen MR) is 61.5 cm³/mol. The minimum atomic E-state index is -0.411. The number of hydrogen-bond donors (Lipinski definition) is 0. The molecule has 0 amide bonds. The van der Waals surface area contributed by atoms with Crippen molar-refractivity contribution in [3.05, 3.63) is 33.9 Å². The van der Waals surface area contributed by atoms with Crippen LogP contribution in [0.4, 0.5) is 5.69 Å². The van der Waals surface area contributed by atoms with Crippen LogP contribution in [-0.2, 0) is 5.33 Å². The van der Waals surface area contributed by atoms with Crippen molar-refractivity contribution in [3.8, 4) is 5.75 Å². The molecule has 4 nitrogen and oxygen atoms in total. The monoisotopic (exact) mass is 273 g/mol. The van der Waals surface area contributed by atoms with Gasteiger partial charge in [-0.3, -0.25) is 10.1 Å². The molecule has 0 aliphatic heterocycles. The summed E-state index contributed by atoms with van der Waals surface area (Å²) in [6.07, 6.45) is 0.0595. The van der Waals surface area contributed by atoms with Crippen LogP contribution < -0.4 is 4.74 Å². The Labute approximate surface area is 96.5 Å². The minimum absolute atomic E-state index is 0.0595. The van der Waals surface area contributed by atoms with Crippen molar-refractivity contribution in [1.29, 1.82) is 0 Å². The van der Waals surface area contributed by atoms with Gasteiger partial charge in [-0.15, -0.1) is 0 Å². The Morgan fingerprint density at radius 3 is 2.67 bits per heavy atom. The molecular weight excluding hydrogens is 262 g/mol. The Kier molecular flexibility index (Phi) is 4.08. The van der Waals surface area contributed by atoms with Crippen molar-refractivity contribution < 1.29 is 9.66 Å². The van der Waals surface area contributed by atoms with E-state index >= 15 is 0 Å². The van der Waals surface area contributed by atoms with Crippen molar-refractivity contribution in [2.24, 2.45) is 0 Å². The molecule has 15 heavy (non-hydrogen) atoms. The molecule has 0 heterocycles. The summed E-state index contributed by atoms with van der Waals surface area (Å²) in [5, 5.41) is 11.1. The molecule has 0 saturated carbocycles. The van der Waals surface area contributed by atoms with Gasteiger partial charge in [0.05, 0.1) is 11.0 Å². The average Bonchev–Trinajstić information content (AvgIpc) is 2.17. The van der Waals surface area contributed by atoms with Gasteiger partial charge in [-0.25, -0.2) is 0 Å². The first-order valence-electron chi connectivity index (χ1n) is 4.54. The summed E-state index contributed by atoms with van der Waals surface area (Å²) in [5.41, 5.74) is 0.874. The number of alkyl halides is 1. The predicted octanol–water partition coefficient (Wildman–Crippen LogP) is 3.28. The lowest BCUT2D eigenvalue weighted by Gasteiger charge is -2.12. The van der Waals surface area contributed by atoms with Crippen LogP contribution >= 0.6 is 15.9 Å². The summed E-state index contributed by atoms with van der Waals surface area (Å²) < 4.78 is 5.52. The molecule has 1 aromatic carbocycles. The molecule has 0 fully saturated rings. The second kappa shape index (κ2) is 5.11. The number of benzene rings is 1. The average molecular weight is 274 g/mol. The Morgan fingerprint density at radius 1 is 1.53 bits per heavy atom. The summed E-state index contributed by atoms with van der Waals surface area (Å²) in [6, 6.07) is 4.60. The highest BCUT2D eigenvalue weighted by Gasteiger charge is 2.11. The third-order valence-corrected chi connectivity index (χ3v) is 2.37. The topological polar surface area (TPSA) is 52.4 Å². The number of nitro groups is 1. The molecule has 0 aromatic heterocycles. The molecule has 0 aliphatic carbocycles. The largest absolute Gasteiger partial charge is 0.491 e. The number of hydrogen-bond acceptors (Lipinski definition) is 3. The van der Waals surface area contributed by atoms with E-state index in [2.05, 4.69) is 15.9 Å². The first kappa shape index (κ1) is 12.0. The Balaban J connectivity index is 3.03. The van der Waals surface area contributed by atoms with E-state index in [-0.39, 0.29) is 11.8 Å². The minimum Gasteiger partial charge on any atom is -0.491 e. The maximum Gasteiger partial charge on any atom is 0.270 e. The molecule has 0 spiro atoms. The van der Waals surface area contributed by atoms with Gasteiger partial charge in [0, 0.05) is 23.0 Å². The molecule has 82 valence electrons. The summed E-state index contributed by atoms with van der Waals surface area (Å²) in [4.78, 5) is 10.1. The van der Waals surface area contributed by atoms with Crippen LogP contribution in [0.25, 0.3) is 0 Å². The van der Waals surface area contributed by atoms with Crippen LogP contribution in [0.15, 0.2) is 18.2 Å². The highest BCUT2D eigenvalue weighted by Crippen LogP contribution is 2.26. The maximum atomic E-state index is 10.6. The van der Waals surface area contributed by atoms with Crippen LogP contribution in [0, 0.1) is 10.1 Å². The first-order chi connectivity index (χ1) is 7.04. The molecular formula is C10H12BrNO3. The van der Waals surface area contributed by atoms with Gasteiger partial charge < -0.3 is 4.74 Å². The fourth-order valence-electron chi connectivity index (χ4n) is 1.15. The number of rotatable bonds is 4. The molecule has 0 aliphatic rings. The number of halogens is 1. The first-order valence-corrected chi connectivity index (χ1v) is 5.66. The van der Waals surface area contributed by atoms with Gasteiger partial charge in [0.15, 0.2) is 0 Å². The number of non-ortho nitro benzene ring substituents is 1. The van der Waals surface area contributed by atoms with E-state index in [9.17, 15) is 10.1 Å². The van der Waals surface area contributed by atoms with E-state index in [1.165, 1.54) is 12.1 Å². The van der Waals surface area contributed by atoms with Crippen molar-refractivity contribution in [3.63, 3.8) is 0 Å². The lowest BCUT2D eigenvalue weighted by Crippen LogP contribution is -2.07. The normalized spacial score (nSPS) is 10.4. The standard InChI is InChI=1S/C10H12BrNO3/c1-7(2)15-10-4-3-9(12(13)14)5-8(10)6-11/h3-5,7H,6H2,1-2H3. The van der Waals surface area contributed by atoms with E-state index in [4.69, 9.17) is 4.74 Å². The van der Waals surface area contributed by atoms with E-state index in [1.807, 2.05) is 13.8 Å². The molecule has 0 saturated heterocycles. The van der Waals surface area contributed by atoms with Crippen LogP contribution in [0.3, 0.4) is 0 Å². The molecule has 0 bridgehead atoms. The second-order valence-electron chi connectivity index (χ2n) is 3.35. The Morgan fingerprint density at radius 2 is 2.20 bits per heavy atom. The molecule has 0 radical (unpaired) electrons. The Hall–Kier alpha value is -1.10. The zero-order valence-electron chi connectivity index (χ0n) is 8.57. The fourth-order valence-corrected chi connectivity index (χ4v) is 1.59. The third-order valence-electron chi connectivity index (χ3n) is 1.76. The zero-order valence-corrected chi connectivity index (χ0v) is 10.2. The van der Waals surface area contributed by atoms with Crippen LogP contribution in [0.2, 0.25) is 0 Å². The summed E-state index contributed by atoms with van der Waals surface area (Å²) in [7, 11) is 0. The van der Waals surface area contributed by atoms with Crippen molar-refractivity contribution >= 4 is 21.6 Å². The molecule has 1 aromatic rings. The van der Waals surface area contributed by atoms with Gasteiger partial charge >= 0.3 is 0 Å². The van der Waals surface area contributed by atoms with Gasteiger partial charge in [0.2, 0.25) is 0 Å². The van der Waals surface area contributed by atoms with Crippen molar-refractivity contribution in [1.82, 2.24) is 0 Å². The van der Waals surface area contributed by atoms with Crippen LogP contribution in [-0.4, -0.2) is 11.0 Å². The van der Waals surface area contributed by atoms with Crippen LogP contribution in [0.5, 0.6) is 5.75 Å². The van der Waals surface area contributed by atoms with Gasteiger partial charge in [-0.2, -0.15) is 0 Å². The Bertz CT molecular complexity index is 366. The molecule has 1 rings (SSSR count). The number of ether oxygens (including phenoxy) is 1. The zero-order chi connectivity index (χ0) is 11.4. The molecule has 0 unspecified atom stereocenters. The smallest absolute Gasteiger partial charge is 0.270 e. The van der Waals surface area contributed by atoms with E-state index in [0.29, 0.717) is 11.1 Å². The molecule has 0 N–H and O–H groups in total. The van der Waals surface area contributed by atoms with Gasteiger partial charge in [-0.1, -0.05) is 15.9 Å². The third kappa shape index (κ3) is 3.20. The summed E-state index contributed by atoms with van der Waals surface area (Å²) >= 11 is 3.28. The SMILES string of the molecule is CC(C)Oc1ccc([N+](=O)[O-])cc1CBr. The maximum absolute atomic E-state index is 10.6.